The molecule has 0 saturated carbocycles. The van der Waals surface area contributed by atoms with Gasteiger partial charge in [0, 0.05) is 48.7 Å². The summed E-state index contributed by atoms with van der Waals surface area (Å²) >= 11 is 0. The smallest absolute Gasteiger partial charge is 0.550 e. The molecule has 0 fully saturated rings. The number of carbonyl (C=O) groups excluding carboxylic acids is 2. The number of nitrogens with one attached hydrogen (secondary N) is 2. The van der Waals surface area contributed by atoms with Crippen molar-refractivity contribution >= 4 is 69.7 Å². The van der Waals surface area contributed by atoms with Crippen LogP contribution in [0.2, 0.25) is 0 Å². The summed E-state index contributed by atoms with van der Waals surface area (Å²) in [6.45, 7) is 4.25. The molecule has 0 rings (SSSR count). The molecule has 55 heavy (non-hydrogen) atoms. The third-order valence-corrected chi connectivity index (χ3v) is 11.6. The molecule has 0 atom stereocenters. The molecule has 0 bridgehead atoms. The van der Waals surface area contributed by atoms with E-state index in [1.165, 1.54) is 154 Å². The predicted molar refractivity (Wildman–Crippen MR) is 227 cm³/mol. The predicted octanol–water partition coefficient (Wildman–Crippen LogP) is 8.48. The summed E-state index contributed by atoms with van der Waals surface area (Å²) in [5, 5.41) is 22.7. The number of carboxylic acid groups (broad SMARTS) is 2. The van der Waals surface area contributed by atoms with Gasteiger partial charge in [0.1, 0.15) is 0 Å². The van der Waals surface area contributed by atoms with E-state index in [1.807, 2.05) is 0 Å². The molecule has 0 amide bonds. The second kappa shape index (κ2) is 44.6. The first-order valence-electron chi connectivity index (χ1n) is 21.7. The number of rotatable bonds is 40. The topological polar surface area (TPSA) is 173 Å². The van der Waals surface area contributed by atoms with Gasteiger partial charge < -0.3 is 19.8 Å². The Kier molecular flexibility index (Phi) is 47.7. The van der Waals surface area contributed by atoms with Crippen LogP contribution in [0.15, 0.2) is 23.0 Å². The number of unbranched alkanes of at least 4 members (excludes halogenated alkanes) is 28. The molecule has 0 radical (unpaired) electrons. The molecule has 0 heterocycles. The van der Waals surface area contributed by atoms with Crippen molar-refractivity contribution in [3.63, 3.8) is 0 Å². The fourth-order valence-corrected chi connectivity index (χ4v) is 7.73. The molecule has 320 valence electrons. The number of aliphatic carboxylic acids is 2. The molecule has 0 saturated heterocycles. The van der Waals surface area contributed by atoms with Gasteiger partial charge in [0.05, 0.1) is 0 Å². The number of sulfonamides is 2. The van der Waals surface area contributed by atoms with Gasteiger partial charge >= 0.3 is 37.7 Å². The van der Waals surface area contributed by atoms with Crippen LogP contribution in [-0.2, 0) is 29.6 Å². The first-order chi connectivity index (χ1) is 26.0. The van der Waals surface area contributed by atoms with Gasteiger partial charge in [-0.25, -0.2) is 26.3 Å². The van der Waals surface area contributed by atoms with Crippen LogP contribution in [0.1, 0.15) is 219 Å². The van der Waals surface area contributed by atoms with Crippen molar-refractivity contribution in [1.82, 2.24) is 9.44 Å². The third-order valence-electron chi connectivity index (χ3n) is 9.26. The molecule has 0 spiro atoms. The maximum absolute atomic E-state index is 11.5. The maximum Gasteiger partial charge on any atom is 2.00 e. The number of hydrogen-bond donors (Lipinski definition) is 2. The zero-order valence-electron chi connectivity index (χ0n) is 35.1. The molecule has 0 unspecified atom stereocenters. The van der Waals surface area contributed by atoms with Gasteiger partial charge in [-0.05, 0) is 25.7 Å². The van der Waals surface area contributed by atoms with E-state index in [4.69, 9.17) is 0 Å². The molecular formula is C42H80CaN2O8S2. The van der Waals surface area contributed by atoms with Gasteiger partial charge in [-0.2, -0.15) is 0 Å². The molecule has 0 aromatic heterocycles. The van der Waals surface area contributed by atoms with Crippen molar-refractivity contribution in [2.45, 2.75) is 219 Å². The summed E-state index contributed by atoms with van der Waals surface area (Å²) in [7, 11) is -7.04. The average molecular weight is 845 g/mol. The fourth-order valence-electron chi connectivity index (χ4n) is 5.99. The molecule has 0 aliphatic carbocycles. The van der Waals surface area contributed by atoms with E-state index in [1.54, 1.807) is 12.2 Å². The van der Waals surface area contributed by atoms with E-state index >= 15 is 0 Å². The van der Waals surface area contributed by atoms with Crippen molar-refractivity contribution in [3.05, 3.63) is 23.0 Å². The summed E-state index contributed by atoms with van der Waals surface area (Å²) in [5.41, 5.74) is 0. The first-order valence-corrected chi connectivity index (χ1v) is 24.8. The van der Waals surface area contributed by atoms with E-state index < -0.39 is 32.0 Å². The standard InChI is InChI=1S/2C21H41NO4S.Ca/c2*1-2-3-4-5-6-7-8-9-10-11-12-13-14-15-16-17-20-27(25,26)22-19-18-21(23)24;/h2*17,20,22H,2-16,18-19H2,1H3,(H,23,24);/q;;+2/p-2/b2*20-17+;. The Morgan fingerprint density at radius 2 is 0.636 bits per heavy atom. The fraction of sp³-hybridized carbons (Fsp3) is 0.857. The number of carbonyl (C=O) groups is 2. The van der Waals surface area contributed by atoms with Crippen LogP contribution >= 0.6 is 0 Å². The maximum atomic E-state index is 11.5. The molecule has 13 heteroatoms. The summed E-state index contributed by atoms with van der Waals surface area (Å²) in [6.07, 6.45) is 40.7. The SMILES string of the molecule is CCCCCCCCCCCCCCCC/C=C/S(=O)(=O)NCCC(=O)[O-].CCCCCCCCCCCCCCCC/C=C/S(=O)(=O)NCCC(=O)[O-].[Ca+2]. The molecule has 0 aromatic carbocycles. The molecule has 0 aromatic rings. The summed E-state index contributed by atoms with van der Waals surface area (Å²) in [5.74, 6) is -2.52. The molecule has 10 nitrogen and oxygen atoms in total. The average Bonchev–Trinajstić information content (AvgIpc) is 3.11. The van der Waals surface area contributed by atoms with Gasteiger partial charge in [0.2, 0.25) is 20.0 Å². The molecule has 0 aliphatic rings. The molecule has 2 N–H and O–H groups in total. The van der Waals surface area contributed by atoms with E-state index in [9.17, 15) is 36.6 Å². The van der Waals surface area contributed by atoms with Crippen LogP contribution in [0.25, 0.3) is 0 Å². The second-order valence-corrected chi connectivity index (χ2v) is 17.9. The number of allylic oxidation sites excluding steroid dienone is 2. The van der Waals surface area contributed by atoms with E-state index in [-0.39, 0.29) is 63.7 Å². The monoisotopic (exact) mass is 844 g/mol. The van der Waals surface area contributed by atoms with Gasteiger partial charge in [0.15, 0.2) is 0 Å². The normalized spacial score (nSPS) is 11.8. The Labute approximate surface area is 368 Å². The summed E-state index contributed by atoms with van der Waals surface area (Å²) in [4.78, 5) is 20.5. The Morgan fingerprint density at radius 1 is 0.418 bits per heavy atom. The minimum absolute atomic E-state index is 0. The Bertz CT molecular complexity index is 1040. The van der Waals surface area contributed by atoms with Crippen LogP contribution in [0, 0.1) is 0 Å². The van der Waals surface area contributed by atoms with E-state index in [0.717, 1.165) is 49.3 Å². The van der Waals surface area contributed by atoms with Crippen LogP contribution in [0.3, 0.4) is 0 Å². The zero-order valence-corrected chi connectivity index (χ0v) is 39.0. The summed E-state index contributed by atoms with van der Waals surface area (Å²) in [6, 6.07) is 0. The largest absolute Gasteiger partial charge is 2.00 e. The Hall–Kier alpha value is -0.500. The van der Waals surface area contributed by atoms with Crippen LogP contribution in [0.4, 0.5) is 0 Å². The van der Waals surface area contributed by atoms with Crippen molar-refractivity contribution in [3.8, 4) is 0 Å². The van der Waals surface area contributed by atoms with E-state index in [0.29, 0.717) is 0 Å². The van der Waals surface area contributed by atoms with Crippen LogP contribution in [0.5, 0.6) is 0 Å². The van der Waals surface area contributed by atoms with Crippen LogP contribution in [-0.4, -0.2) is 79.6 Å². The van der Waals surface area contributed by atoms with E-state index in [2.05, 4.69) is 23.3 Å². The van der Waals surface area contributed by atoms with Gasteiger partial charge in [-0.3, -0.25) is 0 Å². The minimum Gasteiger partial charge on any atom is -0.550 e. The van der Waals surface area contributed by atoms with Crippen molar-refractivity contribution in [2.24, 2.45) is 0 Å². The number of carboxylic acids is 2. The third kappa shape index (κ3) is 53.5. The molecular weight excluding hydrogens is 765 g/mol. The van der Waals surface area contributed by atoms with Gasteiger partial charge in [0.25, 0.3) is 0 Å². The van der Waals surface area contributed by atoms with Gasteiger partial charge in [-0.1, -0.05) is 193 Å². The van der Waals surface area contributed by atoms with Crippen molar-refractivity contribution < 1.29 is 36.6 Å². The van der Waals surface area contributed by atoms with Crippen LogP contribution < -0.4 is 19.7 Å². The van der Waals surface area contributed by atoms with Gasteiger partial charge in [-0.15, -0.1) is 0 Å². The first kappa shape index (κ1) is 58.8. The number of hydrogen-bond acceptors (Lipinski definition) is 8. The zero-order chi connectivity index (χ0) is 40.4. The Balaban J connectivity index is -0.000000966. The van der Waals surface area contributed by atoms with Crippen molar-refractivity contribution in [2.75, 3.05) is 13.1 Å². The quantitative estimate of drug-likeness (QED) is 0.0457. The molecule has 0 aliphatic heterocycles. The second-order valence-electron chi connectivity index (χ2n) is 14.6. The summed E-state index contributed by atoms with van der Waals surface area (Å²) < 4.78 is 50.6. The van der Waals surface area contributed by atoms with Crippen molar-refractivity contribution in [1.29, 1.82) is 0 Å². The Morgan fingerprint density at radius 3 is 0.855 bits per heavy atom. The minimum atomic E-state index is -3.52.